The monoisotopic (exact) mass is 252 g/mol. The minimum absolute atomic E-state index is 0.0426. The van der Waals surface area contributed by atoms with Gasteiger partial charge in [0.05, 0.1) is 21.1 Å². The number of aromatic amines is 1. The number of aromatic nitrogens is 2. The van der Waals surface area contributed by atoms with Crippen LogP contribution in [0.25, 0.3) is 31.8 Å². The van der Waals surface area contributed by atoms with E-state index in [0.29, 0.717) is 0 Å². The van der Waals surface area contributed by atoms with Crippen LogP contribution in [0.3, 0.4) is 0 Å². The second-order valence-electron chi connectivity index (χ2n) is 4.17. The summed E-state index contributed by atoms with van der Waals surface area (Å²) in [6.07, 6.45) is 1.69. The van der Waals surface area contributed by atoms with Gasteiger partial charge in [-0.05, 0) is 11.5 Å². The number of benzene rings is 2. The number of rotatable bonds is 0. The number of fused-ring (bicyclic) bond motifs is 6. The van der Waals surface area contributed by atoms with E-state index in [1.165, 1.54) is 0 Å². The second-order valence-corrected chi connectivity index (χ2v) is 5.03. The van der Waals surface area contributed by atoms with Crippen molar-refractivity contribution in [3.05, 3.63) is 52.4 Å². The van der Waals surface area contributed by atoms with Crippen LogP contribution in [-0.4, -0.2) is 9.97 Å². The van der Waals surface area contributed by atoms with Gasteiger partial charge in [0.25, 0.3) is 5.56 Å². The number of H-pyrrole nitrogens is 1. The molecule has 86 valence electrons. The summed E-state index contributed by atoms with van der Waals surface area (Å²) in [5, 5.41) is 3.74. The molecule has 0 atom stereocenters. The van der Waals surface area contributed by atoms with Gasteiger partial charge < -0.3 is 4.98 Å². The summed E-state index contributed by atoms with van der Waals surface area (Å²) in [6.45, 7) is 0. The summed E-state index contributed by atoms with van der Waals surface area (Å²) in [7, 11) is 0. The topological polar surface area (TPSA) is 45.8 Å². The van der Waals surface area contributed by atoms with Crippen LogP contribution in [0.2, 0.25) is 0 Å². The van der Waals surface area contributed by atoms with Crippen LogP contribution < -0.4 is 5.56 Å². The van der Waals surface area contributed by atoms with Gasteiger partial charge in [0, 0.05) is 17.0 Å². The summed E-state index contributed by atoms with van der Waals surface area (Å²) < 4.78 is 1.08. The van der Waals surface area contributed by atoms with E-state index in [0.717, 1.165) is 31.8 Å². The molecule has 1 N–H and O–H groups in total. The van der Waals surface area contributed by atoms with Crippen LogP contribution in [0.15, 0.2) is 46.8 Å². The van der Waals surface area contributed by atoms with E-state index in [4.69, 9.17) is 0 Å². The van der Waals surface area contributed by atoms with Crippen LogP contribution >= 0.6 is 11.3 Å². The zero-order valence-electron chi connectivity index (χ0n) is 9.31. The molecule has 18 heavy (non-hydrogen) atoms. The first-order valence-electron chi connectivity index (χ1n) is 5.61. The number of hydrogen-bond donors (Lipinski definition) is 1. The highest BCUT2D eigenvalue weighted by molar-refractivity contribution is 7.18. The van der Waals surface area contributed by atoms with Gasteiger partial charge in [-0.25, -0.2) is 4.98 Å². The van der Waals surface area contributed by atoms with Crippen LogP contribution in [0, 0.1) is 0 Å². The molecule has 0 saturated heterocycles. The number of nitrogens with one attached hydrogen (secondary N) is 1. The smallest absolute Gasteiger partial charge is 0.256 e. The first-order valence-corrected chi connectivity index (χ1v) is 6.49. The van der Waals surface area contributed by atoms with E-state index in [9.17, 15) is 4.79 Å². The highest BCUT2D eigenvalue weighted by atomic mass is 32.1. The number of hydrogen-bond acceptors (Lipinski definition) is 3. The van der Waals surface area contributed by atoms with E-state index in [1.807, 2.05) is 35.8 Å². The number of nitrogens with zero attached hydrogens (tertiary/aromatic N) is 1. The Morgan fingerprint density at radius 2 is 1.89 bits per heavy atom. The lowest BCUT2D eigenvalue weighted by molar-refractivity contribution is 1.28. The lowest BCUT2D eigenvalue weighted by Gasteiger charge is -2.04. The average molecular weight is 252 g/mol. The van der Waals surface area contributed by atoms with Crippen LogP contribution in [0.5, 0.6) is 0 Å². The lowest BCUT2D eigenvalue weighted by Crippen LogP contribution is -2.05. The Labute approximate surface area is 106 Å². The molecule has 2 aromatic carbocycles. The Bertz CT molecular complexity index is 952. The van der Waals surface area contributed by atoms with Gasteiger partial charge in [-0.3, -0.25) is 4.79 Å². The first-order chi connectivity index (χ1) is 8.86. The maximum Gasteiger partial charge on any atom is 0.256 e. The minimum Gasteiger partial charge on any atom is -0.329 e. The summed E-state index contributed by atoms with van der Waals surface area (Å²) in [5.41, 5.74) is 2.77. The molecule has 0 bridgehead atoms. The van der Waals surface area contributed by atoms with E-state index in [2.05, 4.69) is 9.97 Å². The summed E-state index contributed by atoms with van der Waals surface area (Å²) in [5.74, 6) is 0. The summed E-state index contributed by atoms with van der Waals surface area (Å²) >= 11 is 1.58. The maximum absolute atomic E-state index is 12.1. The van der Waals surface area contributed by atoms with E-state index in [1.54, 1.807) is 17.5 Å². The van der Waals surface area contributed by atoms with Crippen molar-refractivity contribution in [3.8, 4) is 0 Å². The van der Waals surface area contributed by atoms with Crippen molar-refractivity contribution in [2.45, 2.75) is 0 Å². The van der Waals surface area contributed by atoms with Crippen molar-refractivity contribution in [1.29, 1.82) is 0 Å². The third-order valence-corrected chi connectivity index (χ3v) is 4.08. The fourth-order valence-corrected chi connectivity index (χ4v) is 3.31. The van der Waals surface area contributed by atoms with Gasteiger partial charge >= 0.3 is 0 Å². The van der Waals surface area contributed by atoms with Gasteiger partial charge in [0.15, 0.2) is 0 Å². The standard InChI is InChI=1S/C14H8N2OS/c17-14-11-8-3-1-2-4-9(8)12-13(18-7-16-12)10(11)5-6-15-14/h1-7H,(H,15,17). The van der Waals surface area contributed by atoms with Gasteiger partial charge in [0.1, 0.15) is 0 Å². The number of thiazole rings is 1. The van der Waals surface area contributed by atoms with Gasteiger partial charge in [0.2, 0.25) is 0 Å². The molecule has 0 aliphatic heterocycles. The minimum atomic E-state index is -0.0426. The molecule has 0 spiro atoms. The highest BCUT2D eigenvalue weighted by Gasteiger charge is 2.11. The number of pyridine rings is 1. The van der Waals surface area contributed by atoms with E-state index in [-0.39, 0.29) is 5.56 Å². The van der Waals surface area contributed by atoms with Gasteiger partial charge in [-0.2, -0.15) is 0 Å². The van der Waals surface area contributed by atoms with Crippen molar-refractivity contribution in [3.63, 3.8) is 0 Å². The van der Waals surface area contributed by atoms with Crippen LogP contribution in [0.4, 0.5) is 0 Å². The second kappa shape index (κ2) is 3.40. The molecule has 2 heterocycles. The fourth-order valence-electron chi connectivity index (χ4n) is 2.47. The van der Waals surface area contributed by atoms with Crippen LogP contribution in [0.1, 0.15) is 0 Å². The van der Waals surface area contributed by atoms with Gasteiger partial charge in [-0.1, -0.05) is 24.3 Å². The quantitative estimate of drug-likeness (QED) is 0.488. The molecule has 0 radical (unpaired) electrons. The van der Waals surface area contributed by atoms with Crippen LogP contribution in [-0.2, 0) is 0 Å². The Balaban J connectivity index is 2.54. The van der Waals surface area contributed by atoms with Crippen molar-refractivity contribution in [1.82, 2.24) is 9.97 Å². The molecule has 4 rings (SSSR count). The van der Waals surface area contributed by atoms with Crippen molar-refractivity contribution < 1.29 is 0 Å². The van der Waals surface area contributed by atoms with E-state index < -0.39 is 0 Å². The fraction of sp³-hybridized carbons (Fsp3) is 0. The molecule has 2 aromatic heterocycles. The molecule has 4 aromatic rings. The largest absolute Gasteiger partial charge is 0.329 e. The summed E-state index contributed by atoms with van der Waals surface area (Å²) in [4.78, 5) is 19.3. The normalized spacial score (nSPS) is 11.6. The Kier molecular flexibility index (Phi) is 1.85. The SMILES string of the molecule is O=c1[nH]ccc2c3scnc3c3ccccc3c12. The molecule has 4 heteroatoms. The zero-order chi connectivity index (χ0) is 12.1. The van der Waals surface area contributed by atoms with Crippen molar-refractivity contribution >= 4 is 43.1 Å². The zero-order valence-corrected chi connectivity index (χ0v) is 10.1. The molecular weight excluding hydrogens is 244 g/mol. The third kappa shape index (κ3) is 1.13. The molecule has 0 fully saturated rings. The van der Waals surface area contributed by atoms with E-state index >= 15 is 0 Å². The Morgan fingerprint density at radius 1 is 1.06 bits per heavy atom. The van der Waals surface area contributed by atoms with Crippen molar-refractivity contribution in [2.24, 2.45) is 0 Å². The predicted molar refractivity (Wildman–Crippen MR) is 75.3 cm³/mol. The molecule has 0 saturated carbocycles. The first kappa shape index (κ1) is 9.79. The third-order valence-electron chi connectivity index (χ3n) is 3.22. The van der Waals surface area contributed by atoms with Gasteiger partial charge in [-0.15, -0.1) is 11.3 Å². The molecule has 0 unspecified atom stereocenters. The van der Waals surface area contributed by atoms with Crippen molar-refractivity contribution in [2.75, 3.05) is 0 Å². The molecule has 0 aliphatic rings. The lowest BCUT2D eigenvalue weighted by atomic mass is 10.0. The Morgan fingerprint density at radius 3 is 2.78 bits per heavy atom. The molecule has 0 amide bonds. The molecule has 0 aliphatic carbocycles. The highest BCUT2D eigenvalue weighted by Crippen LogP contribution is 2.34. The Hall–Kier alpha value is -2.20. The molecule has 3 nitrogen and oxygen atoms in total. The summed E-state index contributed by atoms with van der Waals surface area (Å²) in [6, 6.07) is 9.87. The average Bonchev–Trinajstić information content (AvgIpc) is 2.88. The predicted octanol–water partition coefficient (Wildman–Crippen LogP) is 3.29. The molecular formula is C14H8N2OS. The maximum atomic E-state index is 12.1.